The number of rotatable bonds is 6. The Labute approximate surface area is 134 Å². The summed E-state index contributed by atoms with van der Waals surface area (Å²) in [7, 11) is 1.58. The molecule has 23 heavy (non-hydrogen) atoms. The van der Waals surface area contributed by atoms with Crippen LogP contribution in [0.15, 0.2) is 48.5 Å². The zero-order valence-corrected chi connectivity index (χ0v) is 13.0. The molecule has 0 aliphatic heterocycles. The van der Waals surface area contributed by atoms with Gasteiger partial charge in [-0.05, 0) is 42.8 Å². The van der Waals surface area contributed by atoms with Crippen molar-refractivity contribution < 1.29 is 18.7 Å². The lowest BCUT2D eigenvalue weighted by Gasteiger charge is -2.10. The molecule has 0 aliphatic rings. The minimum absolute atomic E-state index is 0.302. The maximum Gasteiger partial charge on any atom is 0.248 e. The summed E-state index contributed by atoms with van der Waals surface area (Å²) in [5.41, 5.74) is 1.26. The SMILES string of the molecule is CCOc1cc(F)ccc1NC(=O)/C=C/c1cccc(OC)c1. The van der Waals surface area contributed by atoms with E-state index < -0.39 is 5.82 Å². The lowest BCUT2D eigenvalue weighted by Crippen LogP contribution is -2.09. The van der Waals surface area contributed by atoms with Crippen molar-refractivity contribution in [1.29, 1.82) is 0 Å². The van der Waals surface area contributed by atoms with Gasteiger partial charge in [-0.15, -0.1) is 0 Å². The molecule has 0 heterocycles. The van der Waals surface area contributed by atoms with E-state index in [9.17, 15) is 9.18 Å². The van der Waals surface area contributed by atoms with E-state index in [2.05, 4.69) is 5.32 Å². The molecule has 0 aliphatic carbocycles. The van der Waals surface area contributed by atoms with E-state index in [1.807, 2.05) is 24.3 Å². The molecule has 0 saturated heterocycles. The predicted molar refractivity (Wildman–Crippen MR) is 88.2 cm³/mol. The molecule has 2 rings (SSSR count). The van der Waals surface area contributed by atoms with Gasteiger partial charge in [0.15, 0.2) is 0 Å². The Morgan fingerprint density at radius 3 is 2.83 bits per heavy atom. The van der Waals surface area contributed by atoms with Crippen LogP contribution in [0.2, 0.25) is 0 Å². The highest BCUT2D eigenvalue weighted by atomic mass is 19.1. The van der Waals surface area contributed by atoms with Crippen LogP contribution >= 0.6 is 0 Å². The number of carbonyl (C=O) groups excluding carboxylic acids is 1. The Balaban J connectivity index is 2.08. The van der Waals surface area contributed by atoms with Gasteiger partial charge >= 0.3 is 0 Å². The number of methoxy groups -OCH3 is 1. The number of hydrogen-bond acceptors (Lipinski definition) is 3. The third-order valence-electron chi connectivity index (χ3n) is 3.02. The first kappa shape index (κ1) is 16.5. The molecule has 0 fully saturated rings. The third-order valence-corrected chi connectivity index (χ3v) is 3.02. The summed E-state index contributed by atoms with van der Waals surface area (Å²) in [6.07, 6.45) is 3.07. The highest BCUT2D eigenvalue weighted by Gasteiger charge is 2.07. The molecule has 1 N–H and O–H groups in total. The molecule has 4 nitrogen and oxygen atoms in total. The number of carbonyl (C=O) groups is 1. The van der Waals surface area contributed by atoms with Crippen LogP contribution in [0.1, 0.15) is 12.5 Å². The Morgan fingerprint density at radius 1 is 1.26 bits per heavy atom. The molecule has 0 atom stereocenters. The normalized spacial score (nSPS) is 10.6. The van der Waals surface area contributed by atoms with E-state index in [-0.39, 0.29) is 5.91 Å². The van der Waals surface area contributed by atoms with Crippen molar-refractivity contribution in [2.75, 3.05) is 19.0 Å². The highest BCUT2D eigenvalue weighted by Crippen LogP contribution is 2.25. The Morgan fingerprint density at radius 2 is 2.09 bits per heavy atom. The van der Waals surface area contributed by atoms with Crippen molar-refractivity contribution in [3.63, 3.8) is 0 Å². The number of amides is 1. The maximum atomic E-state index is 13.2. The molecule has 0 saturated carbocycles. The summed E-state index contributed by atoms with van der Waals surface area (Å²) in [4.78, 5) is 12.0. The molecular formula is C18H18FNO3. The average molecular weight is 315 g/mol. The summed E-state index contributed by atoms with van der Waals surface area (Å²) in [6, 6.07) is 11.3. The van der Waals surface area contributed by atoms with Gasteiger partial charge in [0.1, 0.15) is 17.3 Å². The lowest BCUT2D eigenvalue weighted by molar-refractivity contribution is -0.111. The van der Waals surface area contributed by atoms with Gasteiger partial charge in [0.05, 0.1) is 19.4 Å². The van der Waals surface area contributed by atoms with E-state index in [4.69, 9.17) is 9.47 Å². The quantitative estimate of drug-likeness (QED) is 0.823. The van der Waals surface area contributed by atoms with E-state index in [0.717, 1.165) is 5.56 Å². The zero-order chi connectivity index (χ0) is 16.7. The maximum absolute atomic E-state index is 13.2. The first-order chi connectivity index (χ1) is 11.1. The Kier molecular flexibility index (Phi) is 5.74. The number of ether oxygens (including phenoxy) is 2. The third kappa shape index (κ3) is 4.85. The largest absolute Gasteiger partial charge is 0.497 e. The predicted octanol–water partition coefficient (Wildman–Crippen LogP) is 3.88. The summed E-state index contributed by atoms with van der Waals surface area (Å²) < 4.78 is 23.7. The molecule has 0 unspecified atom stereocenters. The number of benzene rings is 2. The Hall–Kier alpha value is -2.82. The van der Waals surface area contributed by atoms with Crippen molar-refractivity contribution in [3.05, 3.63) is 59.9 Å². The number of hydrogen-bond donors (Lipinski definition) is 1. The van der Waals surface area contributed by atoms with Crippen molar-refractivity contribution in [1.82, 2.24) is 0 Å². The topological polar surface area (TPSA) is 47.6 Å². The van der Waals surface area contributed by atoms with E-state index in [1.165, 1.54) is 24.3 Å². The second kappa shape index (κ2) is 7.98. The molecule has 0 bridgehead atoms. The molecule has 0 aromatic heterocycles. The van der Waals surface area contributed by atoms with Crippen molar-refractivity contribution in [3.8, 4) is 11.5 Å². The van der Waals surface area contributed by atoms with Crippen LogP contribution in [-0.2, 0) is 4.79 Å². The van der Waals surface area contributed by atoms with Crippen LogP contribution in [0, 0.1) is 5.82 Å². The van der Waals surface area contributed by atoms with Gasteiger partial charge in [0.25, 0.3) is 0 Å². The van der Waals surface area contributed by atoms with Gasteiger partial charge in [0.2, 0.25) is 5.91 Å². The van der Waals surface area contributed by atoms with Gasteiger partial charge < -0.3 is 14.8 Å². The van der Waals surface area contributed by atoms with Crippen molar-refractivity contribution >= 4 is 17.7 Å². The second-order valence-electron chi connectivity index (χ2n) is 4.67. The summed E-state index contributed by atoms with van der Waals surface area (Å²) >= 11 is 0. The van der Waals surface area contributed by atoms with Gasteiger partial charge in [-0.25, -0.2) is 4.39 Å². The first-order valence-corrected chi connectivity index (χ1v) is 7.18. The van der Waals surface area contributed by atoms with Crippen LogP contribution in [-0.4, -0.2) is 19.6 Å². The van der Waals surface area contributed by atoms with Crippen molar-refractivity contribution in [2.24, 2.45) is 0 Å². The molecule has 5 heteroatoms. The van der Waals surface area contributed by atoms with Crippen LogP contribution in [0.3, 0.4) is 0 Å². The fourth-order valence-corrected chi connectivity index (χ4v) is 1.97. The van der Waals surface area contributed by atoms with Gasteiger partial charge in [-0.2, -0.15) is 0 Å². The minimum Gasteiger partial charge on any atom is -0.497 e. The number of halogens is 1. The second-order valence-corrected chi connectivity index (χ2v) is 4.67. The Bertz CT molecular complexity index is 713. The van der Waals surface area contributed by atoms with E-state index in [1.54, 1.807) is 20.1 Å². The van der Waals surface area contributed by atoms with Crippen molar-refractivity contribution in [2.45, 2.75) is 6.92 Å². The standard InChI is InChI=1S/C18H18FNO3/c1-3-23-17-12-14(19)8-9-16(17)20-18(21)10-7-13-5-4-6-15(11-13)22-2/h4-12H,3H2,1-2H3,(H,20,21)/b10-7+. The van der Waals surface area contributed by atoms with Gasteiger partial charge in [0, 0.05) is 12.1 Å². The monoisotopic (exact) mass is 315 g/mol. The molecule has 120 valence electrons. The smallest absolute Gasteiger partial charge is 0.248 e. The van der Waals surface area contributed by atoms with E-state index in [0.29, 0.717) is 23.8 Å². The molecule has 2 aromatic rings. The fourth-order valence-electron chi connectivity index (χ4n) is 1.97. The summed E-state index contributed by atoms with van der Waals surface area (Å²) in [5.74, 6) is 0.263. The first-order valence-electron chi connectivity index (χ1n) is 7.18. The van der Waals surface area contributed by atoms with Crippen LogP contribution in [0.25, 0.3) is 6.08 Å². The molecule has 0 radical (unpaired) electrons. The molecule has 0 spiro atoms. The van der Waals surface area contributed by atoms with Crippen LogP contribution in [0.4, 0.5) is 10.1 Å². The van der Waals surface area contributed by atoms with Crippen LogP contribution < -0.4 is 14.8 Å². The summed E-state index contributed by atoms with van der Waals surface area (Å²) in [5, 5.41) is 2.67. The molecule has 1 amide bonds. The lowest BCUT2D eigenvalue weighted by atomic mass is 10.2. The fraction of sp³-hybridized carbons (Fsp3) is 0.167. The molecular weight excluding hydrogens is 297 g/mol. The number of nitrogens with one attached hydrogen (secondary N) is 1. The highest BCUT2D eigenvalue weighted by molar-refractivity contribution is 6.02. The van der Waals surface area contributed by atoms with Crippen LogP contribution in [0.5, 0.6) is 11.5 Å². The summed E-state index contributed by atoms with van der Waals surface area (Å²) in [6.45, 7) is 2.17. The average Bonchev–Trinajstić information content (AvgIpc) is 2.56. The van der Waals surface area contributed by atoms with Gasteiger partial charge in [-0.1, -0.05) is 12.1 Å². The molecule has 2 aromatic carbocycles. The minimum atomic E-state index is -0.418. The zero-order valence-electron chi connectivity index (χ0n) is 13.0. The van der Waals surface area contributed by atoms with E-state index >= 15 is 0 Å². The number of anilines is 1. The van der Waals surface area contributed by atoms with Gasteiger partial charge in [-0.3, -0.25) is 4.79 Å².